The van der Waals surface area contributed by atoms with Crippen LogP contribution in [0.5, 0.6) is 0 Å². The Kier molecular flexibility index (Phi) is 4.41. The number of oxime groups is 1. The Hall–Kier alpha value is -2.01. The number of aromatic nitrogens is 1. The molecule has 0 atom stereocenters. The number of benzene rings is 1. The van der Waals surface area contributed by atoms with Gasteiger partial charge in [-0.05, 0) is 23.9 Å². The highest BCUT2D eigenvalue weighted by Crippen LogP contribution is 2.17. The normalized spacial score (nSPS) is 12.2. The fourth-order valence-corrected chi connectivity index (χ4v) is 2.01. The van der Waals surface area contributed by atoms with Crippen LogP contribution in [0.1, 0.15) is 18.9 Å². The zero-order chi connectivity index (χ0) is 13.7. The second-order valence-corrected chi connectivity index (χ2v) is 4.38. The Morgan fingerprint density at radius 1 is 1.37 bits per heavy atom. The van der Waals surface area contributed by atoms with Crippen LogP contribution < -0.4 is 5.73 Å². The van der Waals surface area contributed by atoms with Crippen molar-refractivity contribution in [3.8, 4) is 0 Å². The Balaban J connectivity index is 2.20. The zero-order valence-electron chi connectivity index (χ0n) is 11.0. The van der Waals surface area contributed by atoms with Crippen LogP contribution in [0.15, 0.2) is 35.6 Å². The molecule has 19 heavy (non-hydrogen) atoms. The third-order valence-electron chi connectivity index (χ3n) is 3.00. The summed E-state index contributed by atoms with van der Waals surface area (Å²) in [5.41, 5.74) is 7.38. The molecule has 0 bridgehead atoms. The van der Waals surface area contributed by atoms with E-state index in [-0.39, 0.29) is 5.84 Å². The van der Waals surface area contributed by atoms with Gasteiger partial charge in [-0.25, -0.2) is 0 Å². The smallest absolute Gasteiger partial charge is 0.170 e. The molecule has 0 aliphatic rings. The average Bonchev–Trinajstić information content (AvgIpc) is 2.85. The van der Waals surface area contributed by atoms with Crippen LogP contribution in [0.2, 0.25) is 0 Å². The van der Waals surface area contributed by atoms with Gasteiger partial charge in [-0.2, -0.15) is 0 Å². The van der Waals surface area contributed by atoms with Crippen LogP contribution in [0.4, 0.5) is 0 Å². The van der Waals surface area contributed by atoms with Gasteiger partial charge in [-0.3, -0.25) is 0 Å². The number of ether oxygens (including phenoxy) is 1. The highest BCUT2D eigenvalue weighted by molar-refractivity contribution is 6.00. The lowest BCUT2D eigenvalue weighted by Crippen LogP contribution is -2.13. The minimum Gasteiger partial charge on any atom is -0.409 e. The van der Waals surface area contributed by atoms with Crippen molar-refractivity contribution in [2.75, 3.05) is 13.2 Å². The Bertz CT molecular complexity index is 575. The maximum Gasteiger partial charge on any atom is 0.170 e. The summed E-state index contributed by atoms with van der Waals surface area (Å²) in [7, 11) is 0. The molecule has 0 unspecified atom stereocenters. The van der Waals surface area contributed by atoms with Gasteiger partial charge in [0.05, 0.1) is 6.61 Å². The van der Waals surface area contributed by atoms with E-state index in [1.54, 1.807) is 0 Å². The molecule has 1 aromatic heterocycles. The molecule has 5 heteroatoms. The lowest BCUT2D eigenvalue weighted by atomic mass is 10.1. The summed E-state index contributed by atoms with van der Waals surface area (Å²) in [4.78, 5) is 0. The number of fused-ring (bicyclic) bond motifs is 1. The summed E-state index contributed by atoms with van der Waals surface area (Å²) in [6.07, 6.45) is 3.05. The van der Waals surface area contributed by atoms with E-state index < -0.39 is 0 Å². The number of amidine groups is 1. The second-order valence-electron chi connectivity index (χ2n) is 4.38. The molecule has 0 aliphatic heterocycles. The summed E-state index contributed by atoms with van der Waals surface area (Å²) in [5.74, 6) is 0.122. The molecule has 1 heterocycles. The number of hydrogen-bond donors (Lipinski definition) is 2. The number of rotatable bonds is 6. The molecule has 2 aromatic rings. The predicted octanol–water partition coefficient (Wildman–Crippen LogP) is 2.16. The van der Waals surface area contributed by atoms with Crippen molar-refractivity contribution >= 4 is 16.7 Å². The van der Waals surface area contributed by atoms with Crippen LogP contribution in [-0.2, 0) is 11.3 Å². The van der Waals surface area contributed by atoms with Gasteiger partial charge in [-0.15, -0.1) is 0 Å². The van der Waals surface area contributed by atoms with Crippen LogP contribution >= 0.6 is 0 Å². The van der Waals surface area contributed by atoms with Crippen molar-refractivity contribution in [3.63, 3.8) is 0 Å². The molecule has 0 fully saturated rings. The summed E-state index contributed by atoms with van der Waals surface area (Å²) < 4.78 is 7.60. The second kappa shape index (κ2) is 6.24. The van der Waals surface area contributed by atoms with E-state index in [1.807, 2.05) is 30.5 Å². The first-order valence-corrected chi connectivity index (χ1v) is 6.40. The van der Waals surface area contributed by atoms with E-state index in [2.05, 4.69) is 16.6 Å². The third kappa shape index (κ3) is 3.06. The summed E-state index contributed by atoms with van der Waals surface area (Å²) in [6.45, 7) is 4.36. The maximum atomic E-state index is 8.72. The lowest BCUT2D eigenvalue weighted by molar-refractivity contribution is 0.127. The van der Waals surface area contributed by atoms with Gasteiger partial charge in [-0.1, -0.05) is 24.2 Å². The fourth-order valence-electron chi connectivity index (χ4n) is 2.01. The molecule has 0 radical (unpaired) electrons. The zero-order valence-corrected chi connectivity index (χ0v) is 11.0. The minimum absolute atomic E-state index is 0.122. The van der Waals surface area contributed by atoms with E-state index in [9.17, 15) is 0 Å². The molecule has 0 amide bonds. The van der Waals surface area contributed by atoms with Crippen LogP contribution in [0, 0.1) is 0 Å². The van der Waals surface area contributed by atoms with E-state index in [1.165, 1.54) is 0 Å². The number of nitrogens with two attached hydrogens (primary N) is 1. The molecule has 0 saturated carbocycles. The van der Waals surface area contributed by atoms with Crippen molar-refractivity contribution in [1.82, 2.24) is 4.57 Å². The fraction of sp³-hybridized carbons (Fsp3) is 0.357. The Labute approximate surface area is 112 Å². The van der Waals surface area contributed by atoms with Crippen molar-refractivity contribution in [2.24, 2.45) is 10.9 Å². The molecule has 1 aromatic carbocycles. The average molecular weight is 261 g/mol. The van der Waals surface area contributed by atoms with E-state index >= 15 is 0 Å². The third-order valence-corrected chi connectivity index (χ3v) is 3.00. The molecular weight excluding hydrogens is 242 g/mol. The van der Waals surface area contributed by atoms with Gasteiger partial charge < -0.3 is 20.2 Å². The first-order chi connectivity index (χ1) is 9.26. The van der Waals surface area contributed by atoms with E-state index in [0.717, 1.165) is 30.5 Å². The maximum absolute atomic E-state index is 8.72. The molecule has 0 aliphatic carbocycles. The first kappa shape index (κ1) is 13.4. The van der Waals surface area contributed by atoms with Crippen molar-refractivity contribution < 1.29 is 9.94 Å². The van der Waals surface area contributed by atoms with Gasteiger partial charge in [0, 0.05) is 30.4 Å². The largest absolute Gasteiger partial charge is 0.409 e. The molecule has 3 N–H and O–H groups in total. The van der Waals surface area contributed by atoms with Gasteiger partial charge in [0.25, 0.3) is 0 Å². The number of nitrogens with zero attached hydrogens (tertiary/aromatic N) is 2. The summed E-state index contributed by atoms with van der Waals surface area (Å²) in [5, 5.41) is 12.9. The highest BCUT2D eigenvalue weighted by atomic mass is 16.5. The molecule has 2 rings (SSSR count). The molecule has 0 saturated heterocycles. The minimum atomic E-state index is 0.122. The van der Waals surface area contributed by atoms with Gasteiger partial charge in [0.15, 0.2) is 5.84 Å². The summed E-state index contributed by atoms with van der Waals surface area (Å²) in [6, 6.07) is 7.77. The number of hydrogen-bond acceptors (Lipinski definition) is 3. The highest BCUT2D eigenvalue weighted by Gasteiger charge is 2.05. The van der Waals surface area contributed by atoms with Crippen LogP contribution in [-0.4, -0.2) is 28.8 Å². The standard InChI is InChI=1S/C14H19N3O2/c1-2-8-19-9-7-17-6-5-11-3-4-12(10-13(11)17)14(15)16-18/h3-6,10,18H,2,7-9H2,1H3,(H2,15,16). The van der Waals surface area contributed by atoms with E-state index in [4.69, 9.17) is 15.7 Å². The van der Waals surface area contributed by atoms with Crippen molar-refractivity contribution in [3.05, 3.63) is 36.0 Å². The van der Waals surface area contributed by atoms with Gasteiger partial charge in [0.1, 0.15) is 0 Å². The Morgan fingerprint density at radius 2 is 2.21 bits per heavy atom. The van der Waals surface area contributed by atoms with Crippen LogP contribution in [0.25, 0.3) is 10.9 Å². The van der Waals surface area contributed by atoms with E-state index in [0.29, 0.717) is 12.2 Å². The van der Waals surface area contributed by atoms with Gasteiger partial charge in [0.2, 0.25) is 0 Å². The molecular formula is C14H19N3O2. The molecule has 0 spiro atoms. The Morgan fingerprint density at radius 3 is 2.95 bits per heavy atom. The van der Waals surface area contributed by atoms with Crippen molar-refractivity contribution in [1.29, 1.82) is 0 Å². The topological polar surface area (TPSA) is 72.8 Å². The van der Waals surface area contributed by atoms with Crippen LogP contribution in [0.3, 0.4) is 0 Å². The quantitative estimate of drug-likeness (QED) is 0.275. The SMILES string of the molecule is CCCOCCn1ccc2ccc(/C(N)=N/O)cc21. The molecule has 102 valence electrons. The van der Waals surface area contributed by atoms with Crippen molar-refractivity contribution in [2.45, 2.75) is 19.9 Å². The monoisotopic (exact) mass is 261 g/mol. The lowest BCUT2D eigenvalue weighted by Gasteiger charge is -2.07. The summed E-state index contributed by atoms with van der Waals surface area (Å²) >= 11 is 0. The predicted molar refractivity (Wildman–Crippen MR) is 75.6 cm³/mol. The molecule has 5 nitrogen and oxygen atoms in total. The first-order valence-electron chi connectivity index (χ1n) is 6.40. The van der Waals surface area contributed by atoms with Gasteiger partial charge >= 0.3 is 0 Å².